The van der Waals surface area contributed by atoms with E-state index < -0.39 is 22.5 Å². The normalized spacial score (nSPS) is 11.6. The van der Waals surface area contributed by atoms with E-state index in [0.29, 0.717) is 16.3 Å². The zero-order chi connectivity index (χ0) is 27.4. The molecule has 0 unspecified atom stereocenters. The number of nitrogens with one attached hydrogen (secondary N) is 1. The van der Waals surface area contributed by atoms with Crippen LogP contribution in [0.25, 0.3) is 5.69 Å². The van der Waals surface area contributed by atoms with Crippen LogP contribution in [0.3, 0.4) is 0 Å². The fraction of sp³-hybridized carbons (Fsp3) is 0.172. The molecule has 7 nitrogen and oxygen atoms in total. The maximum absolute atomic E-state index is 13.5. The van der Waals surface area contributed by atoms with E-state index in [9.17, 15) is 13.2 Å². The number of nitrogens with zero attached hydrogens (tertiary/aromatic N) is 3. The Morgan fingerprint density at radius 2 is 1.66 bits per heavy atom. The number of aromatic nitrogens is 1. The quantitative estimate of drug-likeness (QED) is 0.226. The maximum atomic E-state index is 13.5. The second-order valence-electron chi connectivity index (χ2n) is 9.05. The van der Waals surface area contributed by atoms with Crippen molar-refractivity contribution in [2.75, 3.05) is 10.8 Å². The molecule has 4 aromatic rings. The molecule has 0 atom stereocenters. The largest absolute Gasteiger partial charge is 0.318 e. The Labute approximate surface area is 228 Å². The van der Waals surface area contributed by atoms with Crippen LogP contribution in [0.1, 0.15) is 28.1 Å². The highest BCUT2D eigenvalue weighted by Gasteiger charge is 2.28. The third kappa shape index (κ3) is 5.82. The van der Waals surface area contributed by atoms with Crippen LogP contribution < -0.4 is 9.73 Å². The van der Waals surface area contributed by atoms with Crippen LogP contribution >= 0.6 is 11.6 Å². The molecular weight excluding hydrogens is 520 g/mol. The highest BCUT2D eigenvalue weighted by atomic mass is 35.5. The molecule has 0 fully saturated rings. The summed E-state index contributed by atoms with van der Waals surface area (Å²) >= 11 is 6.09. The molecule has 3 aromatic carbocycles. The Morgan fingerprint density at radius 1 is 0.974 bits per heavy atom. The van der Waals surface area contributed by atoms with Gasteiger partial charge in [0.25, 0.3) is 15.9 Å². The summed E-state index contributed by atoms with van der Waals surface area (Å²) < 4.78 is 30.2. The highest BCUT2D eigenvalue weighted by molar-refractivity contribution is 7.92. The van der Waals surface area contributed by atoms with Gasteiger partial charge in [0.15, 0.2) is 0 Å². The number of hydrogen-bond acceptors (Lipinski definition) is 4. The van der Waals surface area contributed by atoms with E-state index in [4.69, 9.17) is 11.6 Å². The van der Waals surface area contributed by atoms with Crippen molar-refractivity contribution in [3.8, 4) is 5.69 Å². The number of sulfonamides is 1. The fourth-order valence-electron chi connectivity index (χ4n) is 4.27. The molecule has 0 aliphatic carbocycles. The number of aryl methyl sites for hydroxylation is 3. The summed E-state index contributed by atoms with van der Waals surface area (Å²) in [5.41, 5.74) is 8.51. The van der Waals surface area contributed by atoms with Gasteiger partial charge in [0.1, 0.15) is 6.54 Å². The SMILES string of the molecule is Cc1ccc(-n2c(C)cc(/C=N\NC(=O)CN(c3ccc(Cl)cc3C)S(=O)(=O)c3ccccc3)c2C)cc1. The van der Waals surface area contributed by atoms with Crippen molar-refractivity contribution in [3.05, 3.63) is 112 Å². The Bertz CT molecular complexity index is 1600. The van der Waals surface area contributed by atoms with Gasteiger partial charge in [-0.3, -0.25) is 9.10 Å². The molecule has 0 bridgehead atoms. The zero-order valence-corrected chi connectivity index (χ0v) is 23.2. The van der Waals surface area contributed by atoms with Crippen LogP contribution in [0, 0.1) is 27.7 Å². The van der Waals surface area contributed by atoms with Crippen LogP contribution in [0.4, 0.5) is 5.69 Å². The van der Waals surface area contributed by atoms with Gasteiger partial charge in [-0.15, -0.1) is 0 Å². The van der Waals surface area contributed by atoms with E-state index in [1.807, 2.05) is 26.8 Å². The number of halogens is 1. The molecule has 0 saturated heterocycles. The summed E-state index contributed by atoms with van der Waals surface area (Å²) in [5, 5.41) is 4.59. The summed E-state index contributed by atoms with van der Waals surface area (Å²) in [6, 6.07) is 23.0. The topological polar surface area (TPSA) is 83.8 Å². The molecule has 1 heterocycles. The smallest absolute Gasteiger partial charge is 0.264 e. The molecule has 0 radical (unpaired) electrons. The van der Waals surface area contributed by atoms with Gasteiger partial charge >= 0.3 is 0 Å². The lowest BCUT2D eigenvalue weighted by Crippen LogP contribution is -2.40. The molecule has 4 rings (SSSR count). The van der Waals surface area contributed by atoms with Crippen molar-refractivity contribution < 1.29 is 13.2 Å². The molecule has 1 N–H and O–H groups in total. The lowest BCUT2D eigenvalue weighted by molar-refractivity contribution is -0.119. The molecular formula is C29H29ClN4O3S. The van der Waals surface area contributed by atoms with Crippen LogP contribution in [0.15, 0.2) is 88.9 Å². The van der Waals surface area contributed by atoms with Crippen molar-refractivity contribution in [3.63, 3.8) is 0 Å². The van der Waals surface area contributed by atoms with Gasteiger partial charge < -0.3 is 4.57 Å². The van der Waals surface area contributed by atoms with E-state index in [1.165, 1.54) is 17.7 Å². The molecule has 0 aliphatic heterocycles. The molecule has 1 aromatic heterocycles. The van der Waals surface area contributed by atoms with Gasteiger partial charge in [-0.1, -0.05) is 47.5 Å². The summed E-state index contributed by atoms with van der Waals surface area (Å²) in [5.74, 6) is -0.581. The second kappa shape index (κ2) is 11.2. The van der Waals surface area contributed by atoms with E-state index >= 15 is 0 Å². The van der Waals surface area contributed by atoms with Crippen LogP contribution in [-0.2, 0) is 14.8 Å². The Kier molecular flexibility index (Phi) is 8.04. The molecule has 0 saturated carbocycles. The van der Waals surface area contributed by atoms with E-state index in [-0.39, 0.29) is 4.90 Å². The number of hydrazone groups is 1. The summed E-state index contributed by atoms with van der Waals surface area (Å²) in [7, 11) is -4.03. The molecule has 38 heavy (non-hydrogen) atoms. The Balaban J connectivity index is 1.56. The molecule has 196 valence electrons. The van der Waals surface area contributed by atoms with Crippen molar-refractivity contribution in [2.24, 2.45) is 5.10 Å². The summed E-state index contributed by atoms with van der Waals surface area (Å²) in [6.45, 7) is 7.31. The second-order valence-corrected chi connectivity index (χ2v) is 11.3. The monoisotopic (exact) mass is 548 g/mol. The minimum atomic E-state index is -4.03. The number of rotatable bonds is 8. The van der Waals surface area contributed by atoms with Crippen LogP contribution in [0.5, 0.6) is 0 Å². The van der Waals surface area contributed by atoms with Gasteiger partial charge in [-0.05, 0) is 81.8 Å². The molecule has 0 spiro atoms. The van der Waals surface area contributed by atoms with Crippen molar-refractivity contribution in [2.45, 2.75) is 32.6 Å². The van der Waals surface area contributed by atoms with E-state index in [0.717, 1.165) is 26.9 Å². The van der Waals surface area contributed by atoms with E-state index in [1.54, 1.807) is 49.5 Å². The van der Waals surface area contributed by atoms with Crippen LogP contribution in [-0.4, -0.2) is 31.7 Å². The van der Waals surface area contributed by atoms with Crippen LogP contribution in [0.2, 0.25) is 5.02 Å². The fourth-order valence-corrected chi connectivity index (χ4v) is 6.00. The van der Waals surface area contributed by atoms with Crippen molar-refractivity contribution in [1.29, 1.82) is 0 Å². The number of carbonyl (C=O) groups is 1. The van der Waals surface area contributed by atoms with Gasteiger partial charge in [-0.2, -0.15) is 5.10 Å². The predicted octanol–water partition coefficient (Wildman–Crippen LogP) is 5.71. The first kappa shape index (κ1) is 27.2. The summed E-state index contributed by atoms with van der Waals surface area (Å²) in [6.07, 6.45) is 1.56. The highest BCUT2D eigenvalue weighted by Crippen LogP contribution is 2.28. The maximum Gasteiger partial charge on any atom is 0.264 e. The third-order valence-corrected chi connectivity index (χ3v) is 8.21. The number of carbonyl (C=O) groups excluding carboxylic acids is 1. The lowest BCUT2D eigenvalue weighted by atomic mass is 10.2. The van der Waals surface area contributed by atoms with Gasteiger partial charge in [0.05, 0.1) is 16.8 Å². The molecule has 0 aliphatic rings. The first-order valence-corrected chi connectivity index (χ1v) is 13.8. The minimum absolute atomic E-state index is 0.0780. The van der Waals surface area contributed by atoms with Crippen molar-refractivity contribution >= 4 is 39.4 Å². The molecule has 1 amide bonds. The standard InChI is InChI=1S/C29H29ClN4O3S/c1-20-10-13-26(14-11-20)34-22(3)17-24(23(34)4)18-31-32-29(35)19-33(28-15-12-25(30)16-21(28)2)38(36,37)27-8-6-5-7-9-27/h5-18H,19H2,1-4H3,(H,32,35)/b31-18-. The predicted molar refractivity (Wildman–Crippen MR) is 153 cm³/mol. The third-order valence-electron chi connectivity index (χ3n) is 6.20. The number of hydrogen-bond donors (Lipinski definition) is 1. The molecule has 9 heteroatoms. The average Bonchev–Trinajstić information content (AvgIpc) is 3.16. The minimum Gasteiger partial charge on any atom is -0.318 e. The first-order valence-electron chi connectivity index (χ1n) is 12.0. The van der Waals surface area contributed by atoms with E-state index in [2.05, 4.69) is 39.4 Å². The number of amides is 1. The Hall–Kier alpha value is -3.88. The first-order chi connectivity index (χ1) is 18.1. The number of anilines is 1. The van der Waals surface area contributed by atoms with Gasteiger partial charge in [0, 0.05) is 27.7 Å². The van der Waals surface area contributed by atoms with Gasteiger partial charge in [0.2, 0.25) is 0 Å². The Morgan fingerprint density at radius 3 is 2.32 bits per heavy atom. The zero-order valence-electron chi connectivity index (χ0n) is 21.6. The average molecular weight is 549 g/mol. The lowest BCUT2D eigenvalue weighted by Gasteiger charge is -2.25. The summed E-state index contributed by atoms with van der Waals surface area (Å²) in [4.78, 5) is 13.0. The number of benzene rings is 3. The van der Waals surface area contributed by atoms with Crippen molar-refractivity contribution in [1.82, 2.24) is 9.99 Å². The van der Waals surface area contributed by atoms with Gasteiger partial charge in [-0.25, -0.2) is 13.8 Å².